The van der Waals surface area contributed by atoms with Crippen LogP contribution < -0.4 is 15.6 Å². The highest BCUT2D eigenvalue weighted by Gasteiger charge is 2.21. The third-order valence-electron chi connectivity index (χ3n) is 5.49. The largest absolute Gasteiger partial charge is 0.318 e. The number of carbonyl (C=O) groups is 2. The molecule has 0 spiro atoms. The number of carbonyl (C=O) groups excluding carboxylic acids is 2. The van der Waals surface area contributed by atoms with E-state index >= 15 is 0 Å². The van der Waals surface area contributed by atoms with Crippen molar-refractivity contribution < 1.29 is 22.4 Å². The van der Waals surface area contributed by atoms with E-state index in [4.69, 9.17) is 0 Å². The van der Waals surface area contributed by atoms with Crippen molar-refractivity contribution in [2.45, 2.75) is 32.6 Å². The molecule has 0 aliphatic carbocycles. The Morgan fingerprint density at radius 3 is 2.12 bits per heavy atom. The predicted molar refractivity (Wildman–Crippen MR) is 122 cm³/mol. The number of aryl methyl sites for hydroxylation is 2. The van der Waals surface area contributed by atoms with Crippen molar-refractivity contribution >= 4 is 21.8 Å². The van der Waals surface area contributed by atoms with Crippen LogP contribution in [0.2, 0.25) is 0 Å². The van der Waals surface area contributed by atoms with Crippen molar-refractivity contribution in [1.82, 2.24) is 20.1 Å². The Morgan fingerprint density at radius 2 is 1.52 bits per heavy atom. The summed E-state index contributed by atoms with van der Waals surface area (Å²) in [6, 6.07) is 10.3. The molecule has 0 aliphatic rings. The van der Waals surface area contributed by atoms with E-state index in [0.717, 1.165) is 5.69 Å². The molecule has 0 atom stereocenters. The molecule has 2 aromatic carbocycles. The highest BCUT2D eigenvalue weighted by Crippen LogP contribution is 2.22. The SMILES string of the molecule is CNS(=O)(=O)c1cc(C(=O)NNC(=O)c2cc(C)n(-c3ccc(F)cc3)c2C)cc(C)c1C. The average molecular weight is 473 g/mol. The van der Waals surface area contributed by atoms with Crippen LogP contribution in [0.5, 0.6) is 0 Å². The zero-order valence-corrected chi connectivity index (χ0v) is 19.7. The highest BCUT2D eigenvalue weighted by molar-refractivity contribution is 7.89. The molecule has 33 heavy (non-hydrogen) atoms. The Bertz CT molecular complexity index is 1350. The third-order valence-corrected chi connectivity index (χ3v) is 7.03. The topological polar surface area (TPSA) is 109 Å². The van der Waals surface area contributed by atoms with E-state index < -0.39 is 21.8 Å². The molecule has 0 bridgehead atoms. The molecule has 0 fully saturated rings. The fourth-order valence-electron chi connectivity index (χ4n) is 3.58. The van der Waals surface area contributed by atoms with E-state index in [-0.39, 0.29) is 16.3 Å². The molecule has 0 aliphatic heterocycles. The summed E-state index contributed by atoms with van der Waals surface area (Å²) in [5.41, 5.74) is 8.32. The van der Waals surface area contributed by atoms with Crippen molar-refractivity contribution in [2.24, 2.45) is 0 Å². The number of amides is 2. The number of aromatic nitrogens is 1. The van der Waals surface area contributed by atoms with Crippen molar-refractivity contribution in [3.05, 3.63) is 81.9 Å². The molecule has 3 aromatic rings. The van der Waals surface area contributed by atoms with Crippen LogP contribution in [0.3, 0.4) is 0 Å². The Balaban J connectivity index is 1.81. The molecule has 8 nitrogen and oxygen atoms in total. The molecule has 0 unspecified atom stereocenters. The first-order valence-corrected chi connectivity index (χ1v) is 11.5. The number of hydrogen-bond donors (Lipinski definition) is 3. The van der Waals surface area contributed by atoms with Crippen LogP contribution in [0.25, 0.3) is 5.69 Å². The van der Waals surface area contributed by atoms with E-state index in [1.807, 2.05) is 6.92 Å². The van der Waals surface area contributed by atoms with Gasteiger partial charge in [0.25, 0.3) is 11.8 Å². The third kappa shape index (κ3) is 4.81. The Hall–Kier alpha value is -3.50. The van der Waals surface area contributed by atoms with Crippen LogP contribution in [0.15, 0.2) is 47.4 Å². The molecular weight excluding hydrogens is 447 g/mol. The zero-order valence-electron chi connectivity index (χ0n) is 18.9. The molecule has 3 rings (SSSR count). The highest BCUT2D eigenvalue weighted by atomic mass is 32.2. The maximum absolute atomic E-state index is 13.3. The van der Waals surface area contributed by atoms with Crippen LogP contribution >= 0.6 is 0 Å². The van der Waals surface area contributed by atoms with Gasteiger partial charge in [-0.1, -0.05) is 0 Å². The lowest BCUT2D eigenvalue weighted by atomic mass is 10.1. The smallest absolute Gasteiger partial charge is 0.271 e. The van der Waals surface area contributed by atoms with E-state index in [1.54, 1.807) is 49.6 Å². The minimum absolute atomic E-state index is 0.00989. The van der Waals surface area contributed by atoms with Gasteiger partial charge in [-0.2, -0.15) is 0 Å². The Morgan fingerprint density at radius 1 is 0.909 bits per heavy atom. The van der Waals surface area contributed by atoms with Crippen molar-refractivity contribution in [3.8, 4) is 5.69 Å². The standard InChI is InChI=1S/C23H25FN4O4S/c1-13-10-17(12-21(15(13)3)33(31,32)25-5)22(29)26-27-23(30)20-11-14(2)28(16(20)4)19-8-6-18(24)7-9-19/h6-12,25H,1-5H3,(H,26,29)(H,27,30). The number of hydrazine groups is 1. The first-order valence-electron chi connectivity index (χ1n) is 10.1. The molecule has 174 valence electrons. The second-order valence-corrected chi connectivity index (χ2v) is 9.48. The van der Waals surface area contributed by atoms with Crippen molar-refractivity contribution in [3.63, 3.8) is 0 Å². The van der Waals surface area contributed by atoms with Crippen LogP contribution in [0.4, 0.5) is 4.39 Å². The van der Waals surface area contributed by atoms with Crippen LogP contribution in [-0.2, 0) is 10.0 Å². The molecule has 10 heteroatoms. The number of hydrogen-bond acceptors (Lipinski definition) is 4. The summed E-state index contributed by atoms with van der Waals surface area (Å²) in [5, 5.41) is 0. The van der Waals surface area contributed by atoms with Gasteiger partial charge in [-0.15, -0.1) is 0 Å². The molecule has 1 heterocycles. The number of nitrogens with one attached hydrogen (secondary N) is 3. The molecule has 1 aromatic heterocycles. The lowest BCUT2D eigenvalue weighted by Gasteiger charge is -2.13. The average Bonchev–Trinajstić information content (AvgIpc) is 3.08. The van der Waals surface area contributed by atoms with Crippen molar-refractivity contribution in [1.29, 1.82) is 0 Å². The quantitative estimate of drug-likeness (QED) is 0.496. The van der Waals surface area contributed by atoms with Gasteiger partial charge in [0, 0.05) is 22.6 Å². The van der Waals surface area contributed by atoms with Crippen LogP contribution in [0.1, 0.15) is 43.2 Å². The van der Waals surface area contributed by atoms with Gasteiger partial charge in [-0.25, -0.2) is 17.5 Å². The van der Waals surface area contributed by atoms with Gasteiger partial charge in [-0.3, -0.25) is 20.4 Å². The summed E-state index contributed by atoms with van der Waals surface area (Å²) in [4.78, 5) is 25.4. The second kappa shape index (κ2) is 9.16. The van der Waals surface area contributed by atoms with Gasteiger partial charge < -0.3 is 4.57 Å². The maximum atomic E-state index is 13.3. The van der Waals surface area contributed by atoms with E-state index in [9.17, 15) is 22.4 Å². The van der Waals surface area contributed by atoms with E-state index in [2.05, 4.69) is 15.6 Å². The Labute approximate surface area is 191 Å². The number of rotatable bonds is 5. The van der Waals surface area contributed by atoms with Crippen molar-refractivity contribution in [2.75, 3.05) is 7.05 Å². The number of nitrogens with zero attached hydrogens (tertiary/aromatic N) is 1. The molecule has 2 amide bonds. The summed E-state index contributed by atoms with van der Waals surface area (Å²) >= 11 is 0. The number of sulfonamides is 1. The van der Waals surface area contributed by atoms with E-state index in [0.29, 0.717) is 28.1 Å². The van der Waals surface area contributed by atoms with Gasteiger partial charge in [0.2, 0.25) is 10.0 Å². The molecule has 0 radical (unpaired) electrons. The fourth-order valence-corrected chi connectivity index (χ4v) is 4.65. The van der Waals surface area contributed by atoms with Crippen LogP contribution in [-0.4, -0.2) is 31.8 Å². The number of benzene rings is 2. The first kappa shape index (κ1) is 24.1. The van der Waals surface area contributed by atoms with Gasteiger partial charge in [0.15, 0.2) is 0 Å². The normalized spacial score (nSPS) is 11.3. The fraction of sp³-hybridized carbons (Fsp3) is 0.217. The molecular formula is C23H25FN4O4S. The number of halogens is 1. The lowest BCUT2D eigenvalue weighted by molar-refractivity contribution is 0.0846. The molecule has 0 saturated heterocycles. The summed E-state index contributed by atoms with van der Waals surface area (Å²) in [7, 11) is -2.47. The Kier molecular flexibility index (Phi) is 6.71. The van der Waals surface area contributed by atoms with Gasteiger partial charge >= 0.3 is 0 Å². The monoisotopic (exact) mass is 472 g/mol. The first-order chi connectivity index (χ1) is 15.5. The molecule has 0 saturated carbocycles. The minimum atomic E-state index is -3.76. The van der Waals surface area contributed by atoms with Gasteiger partial charge in [-0.05, 0) is 88.3 Å². The zero-order chi connectivity index (χ0) is 24.5. The minimum Gasteiger partial charge on any atom is -0.318 e. The predicted octanol–water partition coefficient (Wildman–Crippen LogP) is 2.83. The van der Waals surface area contributed by atoms with Gasteiger partial charge in [0.05, 0.1) is 10.5 Å². The summed E-state index contributed by atoms with van der Waals surface area (Å²) in [6.07, 6.45) is 0. The van der Waals surface area contributed by atoms with E-state index in [1.165, 1.54) is 25.2 Å². The summed E-state index contributed by atoms with van der Waals surface area (Å²) < 4.78 is 41.8. The summed E-state index contributed by atoms with van der Waals surface area (Å²) in [5.74, 6) is -1.57. The molecule has 3 N–H and O–H groups in total. The summed E-state index contributed by atoms with van der Waals surface area (Å²) in [6.45, 7) is 6.90. The lowest BCUT2D eigenvalue weighted by Crippen LogP contribution is -2.42. The second-order valence-electron chi connectivity index (χ2n) is 7.63. The maximum Gasteiger partial charge on any atom is 0.271 e. The van der Waals surface area contributed by atoms with Crippen LogP contribution in [0, 0.1) is 33.5 Å². The van der Waals surface area contributed by atoms with Gasteiger partial charge in [0.1, 0.15) is 5.82 Å².